The molecule has 2 aromatic rings. The minimum atomic E-state index is -0.0729. The van der Waals surface area contributed by atoms with Gasteiger partial charge in [0.1, 0.15) is 0 Å². The number of para-hydroxylation sites is 1. The molecule has 1 aromatic carbocycles. The summed E-state index contributed by atoms with van der Waals surface area (Å²) >= 11 is 6.75. The summed E-state index contributed by atoms with van der Waals surface area (Å²) in [5, 5.41) is 0. The van der Waals surface area contributed by atoms with Crippen LogP contribution in [0.2, 0.25) is 0 Å². The number of thiocarbonyl (C=S) groups is 1. The predicted octanol–water partition coefficient (Wildman–Crippen LogP) is 4.10. The van der Waals surface area contributed by atoms with Crippen LogP contribution in [0.1, 0.15) is 16.7 Å². The van der Waals surface area contributed by atoms with Gasteiger partial charge in [-0.15, -0.1) is 0 Å². The molecular weight excluding hydrogens is 312 g/mol. The van der Waals surface area contributed by atoms with Gasteiger partial charge in [0, 0.05) is 12.4 Å². The number of aromatic nitrogens is 1. The van der Waals surface area contributed by atoms with Crippen LogP contribution in [0.4, 0.5) is 5.69 Å². The highest BCUT2D eigenvalue weighted by molar-refractivity contribution is 8.27. The highest BCUT2D eigenvalue weighted by Gasteiger charge is 2.34. The lowest BCUT2D eigenvalue weighted by atomic mass is 10.1. The minimum Gasteiger partial charge on any atom is -0.268 e. The molecule has 1 amide bonds. The van der Waals surface area contributed by atoms with E-state index in [4.69, 9.17) is 12.2 Å². The molecule has 0 unspecified atom stereocenters. The molecule has 0 bridgehead atoms. The Morgan fingerprint density at radius 1 is 1.18 bits per heavy atom. The number of hydrogen-bond donors (Lipinski definition) is 0. The van der Waals surface area contributed by atoms with Crippen molar-refractivity contribution >= 4 is 46.0 Å². The Hall–Kier alpha value is -1.98. The average Bonchev–Trinajstić information content (AvgIpc) is 2.76. The third-order valence-electron chi connectivity index (χ3n) is 3.44. The normalized spacial score (nSPS) is 16.6. The zero-order chi connectivity index (χ0) is 15.7. The van der Waals surface area contributed by atoms with Crippen LogP contribution < -0.4 is 4.90 Å². The standard InChI is InChI=1S/C17H14N2OS2/c1-11-5-3-6-12(2)15(11)19-16(20)14(22-17(19)21)9-13-7-4-8-18-10-13/h3-10H,1-2H3/b14-9-. The maximum atomic E-state index is 12.8. The van der Waals surface area contributed by atoms with Crippen molar-refractivity contribution in [2.75, 3.05) is 4.90 Å². The van der Waals surface area contributed by atoms with Gasteiger partial charge in [0.05, 0.1) is 10.6 Å². The molecule has 3 nitrogen and oxygen atoms in total. The molecule has 0 N–H and O–H groups in total. The van der Waals surface area contributed by atoms with Gasteiger partial charge in [-0.1, -0.05) is 48.2 Å². The second kappa shape index (κ2) is 6.02. The summed E-state index contributed by atoms with van der Waals surface area (Å²) < 4.78 is 0.567. The van der Waals surface area contributed by atoms with Gasteiger partial charge in [0.2, 0.25) is 0 Å². The van der Waals surface area contributed by atoms with Gasteiger partial charge >= 0.3 is 0 Å². The maximum Gasteiger partial charge on any atom is 0.270 e. The fourth-order valence-electron chi connectivity index (χ4n) is 2.43. The van der Waals surface area contributed by atoms with Crippen LogP contribution >= 0.6 is 24.0 Å². The summed E-state index contributed by atoms with van der Waals surface area (Å²) in [5.74, 6) is -0.0729. The number of pyridine rings is 1. The molecule has 5 heteroatoms. The van der Waals surface area contributed by atoms with Crippen LogP contribution in [0.15, 0.2) is 47.6 Å². The lowest BCUT2D eigenvalue weighted by Crippen LogP contribution is -2.29. The van der Waals surface area contributed by atoms with Crippen LogP contribution in [0.5, 0.6) is 0 Å². The molecule has 1 aromatic heterocycles. The molecule has 3 rings (SSSR count). The van der Waals surface area contributed by atoms with Gasteiger partial charge in [-0.25, -0.2) is 0 Å². The molecule has 0 atom stereocenters. The zero-order valence-corrected chi connectivity index (χ0v) is 13.9. The number of carbonyl (C=O) groups is 1. The van der Waals surface area contributed by atoms with Crippen LogP contribution in [0.3, 0.4) is 0 Å². The Morgan fingerprint density at radius 3 is 2.55 bits per heavy atom. The fourth-order valence-corrected chi connectivity index (χ4v) is 3.70. The SMILES string of the molecule is Cc1cccc(C)c1N1C(=O)/C(=C/c2cccnc2)SC1=S. The summed E-state index contributed by atoms with van der Waals surface area (Å²) in [6.07, 6.45) is 5.27. The molecule has 0 radical (unpaired) electrons. The lowest BCUT2D eigenvalue weighted by Gasteiger charge is -2.19. The molecule has 1 aliphatic rings. The Bertz CT molecular complexity index is 764. The molecule has 110 valence electrons. The first kappa shape index (κ1) is 14.9. The highest BCUT2D eigenvalue weighted by Crippen LogP contribution is 2.38. The van der Waals surface area contributed by atoms with Gasteiger partial charge in [0.15, 0.2) is 4.32 Å². The van der Waals surface area contributed by atoms with E-state index in [0.29, 0.717) is 9.23 Å². The highest BCUT2D eigenvalue weighted by atomic mass is 32.2. The lowest BCUT2D eigenvalue weighted by molar-refractivity contribution is -0.113. The molecule has 0 saturated carbocycles. The summed E-state index contributed by atoms with van der Waals surface area (Å²) in [6, 6.07) is 9.73. The Balaban J connectivity index is 2.01. The van der Waals surface area contributed by atoms with Gasteiger partial charge < -0.3 is 0 Å². The van der Waals surface area contributed by atoms with Crippen molar-refractivity contribution in [3.05, 3.63) is 64.3 Å². The van der Waals surface area contributed by atoms with E-state index in [0.717, 1.165) is 22.4 Å². The Labute approximate surface area is 139 Å². The Morgan fingerprint density at radius 2 is 1.91 bits per heavy atom. The molecule has 2 heterocycles. The van der Waals surface area contributed by atoms with Crippen LogP contribution in [0, 0.1) is 13.8 Å². The van der Waals surface area contributed by atoms with E-state index in [2.05, 4.69) is 4.98 Å². The van der Waals surface area contributed by atoms with Gasteiger partial charge in [-0.2, -0.15) is 0 Å². The number of aryl methyl sites for hydroxylation is 2. The van der Waals surface area contributed by atoms with Crippen molar-refractivity contribution in [3.63, 3.8) is 0 Å². The van der Waals surface area contributed by atoms with Crippen LogP contribution in [0.25, 0.3) is 6.08 Å². The second-order valence-corrected chi connectivity index (χ2v) is 6.72. The Kier molecular flexibility index (Phi) is 4.09. The fraction of sp³-hybridized carbons (Fsp3) is 0.118. The summed E-state index contributed by atoms with van der Waals surface area (Å²) in [6.45, 7) is 3.98. The van der Waals surface area contributed by atoms with E-state index in [-0.39, 0.29) is 5.91 Å². The van der Waals surface area contributed by atoms with E-state index in [1.807, 2.05) is 50.3 Å². The third-order valence-corrected chi connectivity index (χ3v) is 4.74. The number of anilines is 1. The average molecular weight is 326 g/mol. The summed E-state index contributed by atoms with van der Waals surface area (Å²) in [7, 11) is 0. The maximum absolute atomic E-state index is 12.8. The van der Waals surface area contributed by atoms with Crippen molar-refractivity contribution < 1.29 is 4.79 Å². The van der Waals surface area contributed by atoms with Crippen molar-refractivity contribution in [3.8, 4) is 0 Å². The first-order chi connectivity index (χ1) is 10.6. The minimum absolute atomic E-state index is 0.0729. The number of hydrogen-bond acceptors (Lipinski definition) is 4. The van der Waals surface area contributed by atoms with Gasteiger partial charge in [-0.3, -0.25) is 14.7 Å². The third kappa shape index (κ3) is 2.69. The van der Waals surface area contributed by atoms with Gasteiger partial charge in [0.25, 0.3) is 5.91 Å². The van der Waals surface area contributed by atoms with Crippen LogP contribution in [-0.2, 0) is 4.79 Å². The molecule has 0 spiro atoms. The van der Waals surface area contributed by atoms with Crippen molar-refractivity contribution in [2.45, 2.75) is 13.8 Å². The first-order valence-electron chi connectivity index (χ1n) is 6.82. The van der Waals surface area contributed by atoms with Crippen molar-refractivity contribution in [2.24, 2.45) is 0 Å². The smallest absolute Gasteiger partial charge is 0.268 e. The zero-order valence-electron chi connectivity index (χ0n) is 12.2. The predicted molar refractivity (Wildman–Crippen MR) is 95.8 cm³/mol. The second-order valence-electron chi connectivity index (χ2n) is 5.04. The number of rotatable bonds is 2. The quantitative estimate of drug-likeness (QED) is 0.614. The largest absolute Gasteiger partial charge is 0.270 e. The topological polar surface area (TPSA) is 33.2 Å². The van der Waals surface area contributed by atoms with E-state index in [1.54, 1.807) is 17.3 Å². The summed E-state index contributed by atoms with van der Waals surface area (Å²) in [4.78, 5) is 19.1. The van der Waals surface area contributed by atoms with E-state index >= 15 is 0 Å². The van der Waals surface area contributed by atoms with E-state index in [1.165, 1.54) is 11.8 Å². The monoisotopic (exact) mass is 326 g/mol. The first-order valence-corrected chi connectivity index (χ1v) is 8.04. The molecule has 0 aliphatic carbocycles. The van der Waals surface area contributed by atoms with E-state index in [9.17, 15) is 4.79 Å². The van der Waals surface area contributed by atoms with Gasteiger partial charge in [-0.05, 0) is 42.7 Å². The van der Waals surface area contributed by atoms with Crippen LogP contribution in [-0.4, -0.2) is 15.2 Å². The molecule has 1 fully saturated rings. The van der Waals surface area contributed by atoms with E-state index < -0.39 is 0 Å². The molecule has 22 heavy (non-hydrogen) atoms. The molecule has 1 aliphatic heterocycles. The molecular formula is C17H14N2OS2. The number of carbonyl (C=O) groups excluding carboxylic acids is 1. The van der Waals surface area contributed by atoms with Crippen molar-refractivity contribution in [1.29, 1.82) is 0 Å². The number of nitrogens with zero attached hydrogens (tertiary/aromatic N) is 2. The van der Waals surface area contributed by atoms with Crippen molar-refractivity contribution in [1.82, 2.24) is 4.98 Å². The molecule has 1 saturated heterocycles. The number of benzene rings is 1. The number of amides is 1. The number of thioether (sulfide) groups is 1. The summed E-state index contributed by atoms with van der Waals surface area (Å²) in [5.41, 5.74) is 3.86.